The minimum absolute atomic E-state index is 0.344. The number of alkyl halides is 1. The van der Waals surface area contributed by atoms with Gasteiger partial charge in [-0.3, -0.25) is 14.4 Å². The normalized spacial score (nSPS) is 14.4. The smallest absolute Gasteiger partial charge is 0.266 e. The third-order valence-electron chi connectivity index (χ3n) is 2.26. The third kappa shape index (κ3) is 1.88. The average molecular weight is 284 g/mol. The standard InChI is InChI=1S/C11H10BrNO3/c12-6-3-7-16-13-10(14)8-4-1-2-5-9(8)11(13)15/h1-2,4-5H,3,6-7H2. The van der Waals surface area contributed by atoms with E-state index in [4.69, 9.17) is 4.84 Å². The van der Waals surface area contributed by atoms with Gasteiger partial charge < -0.3 is 0 Å². The van der Waals surface area contributed by atoms with Crippen LogP contribution in [0.25, 0.3) is 0 Å². The molecule has 0 radical (unpaired) electrons. The Labute approximate surface area is 101 Å². The molecule has 1 aromatic carbocycles. The van der Waals surface area contributed by atoms with E-state index in [1.54, 1.807) is 24.3 Å². The van der Waals surface area contributed by atoms with Crippen LogP contribution in [0.5, 0.6) is 0 Å². The predicted molar refractivity (Wildman–Crippen MR) is 61.3 cm³/mol. The molecule has 0 saturated heterocycles. The summed E-state index contributed by atoms with van der Waals surface area (Å²) in [7, 11) is 0. The number of halogens is 1. The molecular weight excluding hydrogens is 274 g/mol. The molecule has 1 heterocycles. The van der Waals surface area contributed by atoms with Crippen molar-refractivity contribution in [3.8, 4) is 0 Å². The van der Waals surface area contributed by atoms with E-state index in [9.17, 15) is 9.59 Å². The van der Waals surface area contributed by atoms with Gasteiger partial charge in [-0.05, 0) is 18.6 Å². The molecule has 0 spiro atoms. The highest BCUT2D eigenvalue weighted by molar-refractivity contribution is 9.09. The molecule has 1 aliphatic heterocycles. The summed E-state index contributed by atoms with van der Waals surface area (Å²) >= 11 is 3.25. The summed E-state index contributed by atoms with van der Waals surface area (Å²) in [6.45, 7) is 0.344. The van der Waals surface area contributed by atoms with Crippen molar-refractivity contribution >= 4 is 27.7 Å². The number of hydroxylamine groups is 2. The maximum atomic E-state index is 11.8. The van der Waals surface area contributed by atoms with Gasteiger partial charge in [0.25, 0.3) is 11.8 Å². The lowest BCUT2D eigenvalue weighted by molar-refractivity contribution is -0.0907. The maximum Gasteiger partial charge on any atom is 0.285 e. The number of nitrogens with zero attached hydrogens (tertiary/aromatic N) is 1. The van der Waals surface area contributed by atoms with Gasteiger partial charge in [0, 0.05) is 5.33 Å². The van der Waals surface area contributed by atoms with Crippen LogP contribution in [0, 0.1) is 0 Å². The zero-order valence-electron chi connectivity index (χ0n) is 8.48. The molecule has 0 saturated carbocycles. The highest BCUT2D eigenvalue weighted by atomic mass is 79.9. The first-order valence-corrected chi connectivity index (χ1v) is 6.04. The quantitative estimate of drug-likeness (QED) is 0.482. The minimum atomic E-state index is -0.379. The van der Waals surface area contributed by atoms with Crippen molar-refractivity contribution in [3.05, 3.63) is 35.4 Å². The molecule has 0 atom stereocenters. The van der Waals surface area contributed by atoms with Crippen molar-refractivity contribution in [3.63, 3.8) is 0 Å². The molecule has 0 aliphatic carbocycles. The van der Waals surface area contributed by atoms with Gasteiger partial charge in [0.1, 0.15) is 0 Å². The van der Waals surface area contributed by atoms with E-state index in [1.165, 1.54) is 0 Å². The van der Waals surface area contributed by atoms with Crippen LogP contribution in [0.4, 0.5) is 0 Å². The number of imide groups is 1. The van der Waals surface area contributed by atoms with Crippen LogP contribution in [-0.4, -0.2) is 28.8 Å². The summed E-state index contributed by atoms with van der Waals surface area (Å²) in [6, 6.07) is 6.71. The molecule has 0 unspecified atom stereocenters. The number of hydrogen-bond acceptors (Lipinski definition) is 3. The summed E-state index contributed by atoms with van der Waals surface area (Å²) in [5.41, 5.74) is 0.817. The van der Waals surface area contributed by atoms with Gasteiger partial charge in [-0.15, -0.1) is 5.06 Å². The monoisotopic (exact) mass is 283 g/mol. The molecule has 84 valence electrons. The van der Waals surface area contributed by atoms with Crippen molar-refractivity contribution < 1.29 is 14.4 Å². The Bertz CT molecular complexity index is 398. The highest BCUT2D eigenvalue weighted by Gasteiger charge is 2.36. The molecule has 0 N–H and O–H groups in total. The molecule has 2 rings (SSSR count). The number of hydrogen-bond donors (Lipinski definition) is 0. The molecule has 1 aromatic rings. The van der Waals surface area contributed by atoms with Crippen molar-refractivity contribution in [2.24, 2.45) is 0 Å². The topological polar surface area (TPSA) is 46.6 Å². The lowest BCUT2D eigenvalue weighted by atomic mass is 10.1. The number of fused-ring (bicyclic) bond motifs is 1. The van der Waals surface area contributed by atoms with Crippen molar-refractivity contribution in [2.75, 3.05) is 11.9 Å². The second-order valence-electron chi connectivity index (χ2n) is 3.33. The maximum absolute atomic E-state index is 11.8. The fourth-order valence-corrected chi connectivity index (χ4v) is 1.72. The molecular formula is C11H10BrNO3. The van der Waals surface area contributed by atoms with Crippen LogP contribution in [0.1, 0.15) is 27.1 Å². The van der Waals surface area contributed by atoms with Crippen LogP contribution in [0.3, 0.4) is 0 Å². The van der Waals surface area contributed by atoms with Gasteiger partial charge in [-0.25, -0.2) is 0 Å². The van der Waals surface area contributed by atoms with E-state index in [0.717, 1.165) is 16.8 Å². The van der Waals surface area contributed by atoms with Crippen LogP contribution in [0.2, 0.25) is 0 Å². The summed E-state index contributed by atoms with van der Waals surface area (Å²) in [5, 5.41) is 1.61. The first-order valence-electron chi connectivity index (χ1n) is 4.92. The average Bonchev–Trinajstić information content (AvgIpc) is 2.55. The van der Waals surface area contributed by atoms with E-state index in [1.807, 2.05) is 0 Å². The van der Waals surface area contributed by atoms with E-state index in [0.29, 0.717) is 17.7 Å². The minimum Gasteiger partial charge on any atom is -0.266 e. The molecule has 0 bridgehead atoms. The number of carbonyl (C=O) groups excluding carboxylic acids is 2. The fourth-order valence-electron chi connectivity index (χ4n) is 1.49. The number of carbonyl (C=O) groups is 2. The lowest BCUT2D eigenvalue weighted by Crippen LogP contribution is -2.30. The SMILES string of the molecule is O=C1c2ccccc2C(=O)N1OCCCBr. The molecule has 0 fully saturated rings. The lowest BCUT2D eigenvalue weighted by Gasteiger charge is -2.12. The Balaban J connectivity index is 2.15. The van der Waals surface area contributed by atoms with Crippen LogP contribution in [0.15, 0.2) is 24.3 Å². The van der Waals surface area contributed by atoms with Crippen LogP contribution >= 0.6 is 15.9 Å². The summed E-state index contributed by atoms with van der Waals surface area (Å²) < 4.78 is 0. The predicted octanol–water partition coefficient (Wildman–Crippen LogP) is 2.00. The first kappa shape index (κ1) is 11.3. The van der Waals surface area contributed by atoms with Crippen molar-refractivity contribution in [2.45, 2.75) is 6.42 Å². The van der Waals surface area contributed by atoms with E-state index < -0.39 is 0 Å². The van der Waals surface area contributed by atoms with Crippen LogP contribution < -0.4 is 0 Å². The second-order valence-corrected chi connectivity index (χ2v) is 4.12. The number of rotatable bonds is 4. The summed E-state index contributed by atoms with van der Waals surface area (Å²) in [4.78, 5) is 28.7. The zero-order valence-corrected chi connectivity index (χ0v) is 10.1. The number of amides is 2. The van der Waals surface area contributed by atoms with Crippen molar-refractivity contribution in [1.29, 1.82) is 0 Å². The summed E-state index contributed by atoms with van der Waals surface area (Å²) in [6.07, 6.45) is 0.743. The molecule has 5 heteroatoms. The van der Waals surface area contributed by atoms with E-state index in [-0.39, 0.29) is 11.8 Å². The second kappa shape index (κ2) is 4.76. The third-order valence-corrected chi connectivity index (χ3v) is 2.82. The van der Waals surface area contributed by atoms with Gasteiger partial charge >= 0.3 is 0 Å². The summed E-state index contributed by atoms with van der Waals surface area (Å²) in [5.74, 6) is -0.759. The Hall–Kier alpha value is -1.20. The number of benzene rings is 1. The molecule has 2 amide bonds. The molecule has 16 heavy (non-hydrogen) atoms. The zero-order chi connectivity index (χ0) is 11.5. The Morgan fingerprint density at radius 3 is 2.19 bits per heavy atom. The van der Waals surface area contributed by atoms with Gasteiger partial charge in [0.2, 0.25) is 0 Å². The van der Waals surface area contributed by atoms with Gasteiger partial charge in [0.05, 0.1) is 17.7 Å². The van der Waals surface area contributed by atoms with Gasteiger partial charge in [0.15, 0.2) is 0 Å². The largest absolute Gasteiger partial charge is 0.285 e. The first-order chi connectivity index (χ1) is 7.75. The Morgan fingerprint density at radius 2 is 1.69 bits per heavy atom. The Kier molecular flexibility index (Phi) is 3.36. The fraction of sp³-hybridized carbons (Fsp3) is 0.273. The van der Waals surface area contributed by atoms with Crippen LogP contribution in [-0.2, 0) is 4.84 Å². The van der Waals surface area contributed by atoms with Gasteiger partial charge in [-0.1, -0.05) is 28.1 Å². The van der Waals surface area contributed by atoms with E-state index in [2.05, 4.69) is 15.9 Å². The van der Waals surface area contributed by atoms with Gasteiger partial charge in [-0.2, -0.15) is 0 Å². The Morgan fingerprint density at radius 1 is 1.12 bits per heavy atom. The molecule has 1 aliphatic rings. The van der Waals surface area contributed by atoms with E-state index >= 15 is 0 Å². The van der Waals surface area contributed by atoms with Crippen molar-refractivity contribution in [1.82, 2.24) is 5.06 Å². The molecule has 0 aromatic heterocycles. The molecule has 4 nitrogen and oxygen atoms in total. The highest BCUT2D eigenvalue weighted by Crippen LogP contribution is 2.22.